The van der Waals surface area contributed by atoms with Gasteiger partial charge < -0.3 is 14.2 Å². The van der Waals surface area contributed by atoms with Gasteiger partial charge in [-0.3, -0.25) is 14.6 Å². The van der Waals surface area contributed by atoms with Crippen LogP contribution in [-0.2, 0) is 4.74 Å². The van der Waals surface area contributed by atoms with Crippen molar-refractivity contribution in [3.63, 3.8) is 0 Å². The molecule has 3 aromatic rings. The van der Waals surface area contributed by atoms with Gasteiger partial charge in [-0.05, 0) is 37.1 Å². The van der Waals surface area contributed by atoms with Gasteiger partial charge in [-0.1, -0.05) is 29.5 Å². The summed E-state index contributed by atoms with van der Waals surface area (Å²) in [6.45, 7) is 6.90. The Morgan fingerprint density at radius 3 is 2.66 bits per heavy atom. The van der Waals surface area contributed by atoms with Gasteiger partial charge in [0.25, 0.3) is 5.91 Å². The molecule has 8 heteroatoms. The second-order valence-electron chi connectivity index (χ2n) is 7.72. The predicted molar refractivity (Wildman–Crippen MR) is 127 cm³/mol. The minimum atomic E-state index is -0.139. The number of aryl methyl sites for hydroxylation is 1. The van der Waals surface area contributed by atoms with Gasteiger partial charge in [0.1, 0.15) is 0 Å². The minimum absolute atomic E-state index is 0.139. The molecule has 1 aliphatic heterocycles. The van der Waals surface area contributed by atoms with E-state index in [1.165, 1.54) is 0 Å². The zero-order valence-corrected chi connectivity index (χ0v) is 19.6. The maximum atomic E-state index is 13.8. The first kappa shape index (κ1) is 22.5. The Balaban J connectivity index is 1.65. The topological polar surface area (TPSA) is 64.1 Å². The number of carbonyl (C=O) groups excluding carboxylic acids is 1. The van der Waals surface area contributed by atoms with Crippen molar-refractivity contribution >= 4 is 32.6 Å². The normalized spacial score (nSPS) is 14.5. The van der Waals surface area contributed by atoms with Crippen LogP contribution in [0.2, 0.25) is 0 Å². The number of para-hydroxylation sites is 2. The molecular formula is C24H29N3O4S. The summed E-state index contributed by atoms with van der Waals surface area (Å²) in [6, 6.07) is 11.5. The number of nitrogens with zero attached hydrogens (tertiary/aromatic N) is 3. The monoisotopic (exact) mass is 455 g/mol. The van der Waals surface area contributed by atoms with Crippen LogP contribution in [0.25, 0.3) is 10.2 Å². The lowest BCUT2D eigenvalue weighted by Crippen LogP contribution is -2.39. The Morgan fingerprint density at radius 2 is 1.94 bits per heavy atom. The molecule has 2 aromatic carbocycles. The smallest absolute Gasteiger partial charge is 0.263 e. The third kappa shape index (κ3) is 4.72. The first-order valence-electron chi connectivity index (χ1n) is 10.8. The highest BCUT2D eigenvalue weighted by molar-refractivity contribution is 7.22. The lowest BCUT2D eigenvalue weighted by atomic mass is 10.1. The van der Waals surface area contributed by atoms with E-state index in [1.54, 1.807) is 42.6 Å². The lowest BCUT2D eigenvalue weighted by Gasteiger charge is -2.28. The summed E-state index contributed by atoms with van der Waals surface area (Å²) in [5, 5.41) is 0.700. The number of thiazole rings is 1. The zero-order chi connectivity index (χ0) is 22.5. The average molecular weight is 456 g/mol. The summed E-state index contributed by atoms with van der Waals surface area (Å²) in [4.78, 5) is 22.8. The van der Waals surface area contributed by atoms with E-state index in [0.29, 0.717) is 28.7 Å². The van der Waals surface area contributed by atoms with Crippen molar-refractivity contribution in [3.05, 3.63) is 47.5 Å². The van der Waals surface area contributed by atoms with Crippen molar-refractivity contribution in [1.29, 1.82) is 0 Å². The highest BCUT2D eigenvalue weighted by atomic mass is 32.1. The number of fused-ring (bicyclic) bond motifs is 1. The van der Waals surface area contributed by atoms with Gasteiger partial charge in [-0.25, -0.2) is 4.98 Å². The number of hydrogen-bond donors (Lipinski definition) is 0. The summed E-state index contributed by atoms with van der Waals surface area (Å²) in [6.07, 6.45) is 0.840. The van der Waals surface area contributed by atoms with Gasteiger partial charge in [0, 0.05) is 26.2 Å². The van der Waals surface area contributed by atoms with Gasteiger partial charge in [0.2, 0.25) is 0 Å². The Morgan fingerprint density at radius 1 is 1.16 bits per heavy atom. The van der Waals surface area contributed by atoms with E-state index in [-0.39, 0.29) is 5.91 Å². The van der Waals surface area contributed by atoms with E-state index >= 15 is 0 Å². The van der Waals surface area contributed by atoms with Gasteiger partial charge in [0.15, 0.2) is 16.6 Å². The van der Waals surface area contributed by atoms with Crippen LogP contribution < -0.4 is 14.4 Å². The molecule has 1 fully saturated rings. The summed E-state index contributed by atoms with van der Waals surface area (Å²) < 4.78 is 17.5. The molecule has 0 atom stereocenters. The van der Waals surface area contributed by atoms with Gasteiger partial charge >= 0.3 is 0 Å². The largest absolute Gasteiger partial charge is 0.493 e. The number of carbonyl (C=O) groups is 1. The van der Waals surface area contributed by atoms with Crippen molar-refractivity contribution in [2.45, 2.75) is 13.3 Å². The second kappa shape index (κ2) is 10.3. The van der Waals surface area contributed by atoms with Crippen molar-refractivity contribution in [3.8, 4) is 11.5 Å². The number of morpholine rings is 1. The molecule has 170 valence electrons. The number of amides is 1. The summed E-state index contributed by atoms with van der Waals surface area (Å²) >= 11 is 1.54. The van der Waals surface area contributed by atoms with E-state index in [0.717, 1.165) is 55.0 Å². The fourth-order valence-corrected chi connectivity index (χ4v) is 5.02. The molecule has 32 heavy (non-hydrogen) atoms. The van der Waals surface area contributed by atoms with Crippen molar-refractivity contribution in [1.82, 2.24) is 9.88 Å². The number of hydrogen-bond acceptors (Lipinski definition) is 7. The number of ether oxygens (including phenoxy) is 3. The molecule has 0 radical (unpaired) electrons. The SMILES string of the molecule is COc1cccc(C(=O)N(CCCN2CCOCC2)c2nc3c(C)cccc3s2)c1OC. The molecule has 0 aliphatic carbocycles. The molecule has 0 bridgehead atoms. The number of methoxy groups -OCH3 is 2. The molecule has 1 aliphatic rings. The standard InChI is InChI=1S/C24H29N3O4S/c1-17-7-4-10-20-21(17)25-24(32-20)27(12-6-11-26-13-15-31-16-14-26)23(28)18-8-5-9-19(29-2)22(18)30-3/h4-5,7-10H,6,11-16H2,1-3H3. The third-order valence-corrected chi connectivity index (χ3v) is 6.72. The molecule has 4 rings (SSSR count). The third-order valence-electron chi connectivity index (χ3n) is 5.68. The van der Waals surface area contributed by atoms with Crippen LogP contribution in [0, 0.1) is 6.92 Å². The zero-order valence-electron chi connectivity index (χ0n) is 18.8. The van der Waals surface area contributed by atoms with Crippen LogP contribution >= 0.6 is 11.3 Å². The minimum Gasteiger partial charge on any atom is -0.493 e. The van der Waals surface area contributed by atoms with Crippen LogP contribution in [-0.4, -0.2) is 69.4 Å². The lowest BCUT2D eigenvalue weighted by molar-refractivity contribution is 0.0376. The fraction of sp³-hybridized carbons (Fsp3) is 0.417. The molecule has 1 aromatic heterocycles. The fourth-order valence-electron chi connectivity index (χ4n) is 3.95. The Labute approximate surface area is 192 Å². The maximum absolute atomic E-state index is 13.8. The van der Waals surface area contributed by atoms with Crippen LogP contribution in [0.3, 0.4) is 0 Å². The predicted octanol–water partition coefficient (Wildman–Crippen LogP) is 3.99. The molecule has 0 saturated carbocycles. The van der Waals surface area contributed by atoms with E-state index < -0.39 is 0 Å². The first-order valence-corrected chi connectivity index (χ1v) is 11.6. The molecule has 7 nitrogen and oxygen atoms in total. The molecule has 1 amide bonds. The van der Waals surface area contributed by atoms with Gasteiger partial charge in [0.05, 0.1) is 43.2 Å². The Bertz CT molecular complexity index is 1080. The quantitative estimate of drug-likeness (QED) is 0.512. The van der Waals surface area contributed by atoms with Gasteiger partial charge in [-0.15, -0.1) is 0 Å². The van der Waals surface area contributed by atoms with E-state index in [1.807, 2.05) is 31.2 Å². The molecule has 0 N–H and O–H groups in total. The second-order valence-corrected chi connectivity index (χ2v) is 8.73. The number of rotatable bonds is 8. The molecule has 2 heterocycles. The van der Waals surface area contributed by atoms with Crippen molar-refractivity contribution in [2.24, 2.45) is 0 Å². The number of anilines is 1. The van der Waals surface area contributed by atoms with Gasteiger partial charge in [-0.2, -0.15) is 0 Å². The molecule has 0 unspecified atom stereocenters. The number of benzene rings is 2. The molecular weight excluding hydrogens is 426 g/mol. The summed E-state index contributed by atoms with van der Waals surface area (Å²) in [5.74, 6) is 0.835. The average Bonchev–Trinajstić information content (AvgIpc) is 3.27. The molecule has 0 spiro atoms. The van der Waals surface area contributed by atoms with Crippen LogP contribution in [0.4, 0.5) is 5.13 Å². The van der Waals surface area contributed by atoms with Crippen LogP contribution in [0.5, 0.6) is 11.5 Å². The Hall–Kier alpha value is -2.68. The van der Waals surface area contributed by atoms with E-state index in [9.17, 15) is 4.79 Å². The van der Waals surface area contributed by atoms with Crippen molar-refractivity contribution < 1.29 is 19.0 Å². The summed E-state index contributed by atoms with van der Waals surface area (Å²) in [7, 11) is 3.13. The highest BCUT2D eigenvalue weighted by Crippen LogP contribution is 2.35. The van der Waals surface area contributed by atoms with Crippen LogP contribution in [0.15, 0.2) is 36.4 Å². The number of aromatic nitrogens is 1. The van der Waals surface area contributed by atoms with E-state index in [4.69, 9.17) is 19.2 Å². The van der Waals surface area contributed by atoms with E-state index in [2.05, 4.69) is 4.90 Å². The Kier molecular flexibility index (Phi) is 7.24. The first-order chi connectivity index (χ1) is 15.6. The van der Waals surface area contributed by atoms with Crippen molar-refractivity contribution in [2.75, 3.05) is 58.5 Å². The maximum Gasteiger partial charge on any atom is 0.263 e. The highest BCUT2D eigenvalue weighted by Gasteiger charge is 2.26. The summed E-state index contributed by atoms with van der Waals surface area (Å²) in [5.41, 5.74) is 2.51. The molecule has 1 saturated heterocycles. The van der Waals surface area contributed by atoms with Crippen LogP contribution in [0.1, 0.15) is 22.3 Å².